The zero-order valence-electron chi connectivity index (χ0n) is 13.8. The molecule has 3 rings (SSSR count). The van der Waals surface area contributed by atoms with Gasteiger partial charge in [-0.05, 0) is 29.8 Å². The third-order valence-electron chi connectivity index (χ3n) is 3.84. The van der Waals surface area contributed by atoms with Gasteiger partial charge in [0.15, 0.2) is 0 Å². The summed E-state index contributed by atoms with van der Waals surface area (Å²) in [5.41, 5.74) is 1.19. The van der Waals surface area contributed by atoms with Crippen molar-refractivity contribution in [2.75, 3.05) is 7.11 Å². The van der Waals surface area contributed by atoms with Gasteiger partial charge >= 0.3 is 0 Å². The van der Waals surface area contributed by atoms with Crippen LogP contribution in [0, 0.1) is 0 Å². The van der Waals surface area contributed by atoms with E-state index in [1.807, 2.05) is 42.1 Å². The molecule has 1 N–H and O–H groups in total. The Morgan fingerprint density at radius 1 is 1.20 bits per heavy atom. The molecule has 7 heteroatoms. The van der Waals surface area contributed by atoms with Crippen LogP contribution >= 0.6 is 11.6 Å². The molecule has 2 heterocycles. The first-order valence-electron chi connectivity index (χ1n) is 7.62. The third kappa shape index (κ3) is 3.64. The van der Waals surface area contributed by atoms with Crippen molar-refractivity contribution >= 4 is 17.5 Å². The molecule has 3 aromatic rings. The Morgan fingerprint density at radius 3 is 2.56 bits per heavy atom. The van der Waals surface area contributed by atoms with E-state index in [1.165, 1.54) is 0 Å². The largest absolute Gasteiger partial charge is 0.497 e. The summed E-state index contributed by atoms with van der Waals surface area (Å²) >= 11 is 6.04. The normalized spacial score (nSPS) is 11.8. The summed E-state index contributed by atoms with van der Waals surface area (Å²) in [5.74, 6) is 1.13. The van der Waals surface area contributed by atoms with E-state index >= 15 is 0 Å². The summed E-state index contributed by atoms with van der Waals surface area (Å²) < 4.78 is 7.06. The average molecular weight is 357 g/mol. The molecule has 1 aromatic carbocycles. The third-order valence-corrected chi connectivity index (χ3v) is 4.15. The van der Waals surface area contributed by atoms with Crippen molar-refractivity contribution in [3.63, 3.8) is 0 Å². The predicted octanol–water partition coefficient (Wildman–Crippen LogP) is 3.00. The summed E-state index contributed by atoms with van der Waals surface area (Å²) in [6.07, 6.45) is 5.06. The highest BCUT2D eigenvalue weighted by Gasteiger charge is 2.22. The summed E-state index contributed by atoms with van der Waals surface area (Å²) in [6.45, 7) is 0. The molecular formula is C18H17ClN4O2. The highest BCUT2D eigenvalue weighted by atomic mass is 35.5. The Bertz CT molecular complexity index is 877. The number of amides is 1. The van der Waals surface area contributed by atoms with Crippen LogP contribution in [0.4, 0.5) is 0 Å². The number of hydrogen-bond acceptors (Lipinski definition) is 4. The molecule has 0 radical (unpaired) electrons. The van der Waals surface area contributed by atoms with Crippen LogP contribution in [0.1, 0.15) is 27.8 Å². The Morgan fingerprint density at radius 2 is 1.96 bits per heavy atom. The maximum atomic E-state index is 12.7. The minimum atomic E-state index is -0.435. The van der Waals surface area contributed by atoms with E-state index in [0.29, 0.717) is 11.4 Å². The van der Waals surface area contributed by atoms with Gasteiger partial charge in [-0.2, -0.15) is 0 Å². The number of halogens is 1. The number of ether oxygens (including phenoxy) is 1. The van der Waals surface area contributed by atoms with Gasteiger partial charge in [-0.15, -0.1) is 0 Å². The number of imidazole rings is 1. The van der Waals surface area contributed by atoms with Gasteiger partial charge in [0.1, 0.15) is 22.8 Å². The van der Waals surface area contributed by atoms with E-state index in [0.717, 1.165) is 11.3 Å². The van der Waals surface area contributed by atoms with Gasteiger partial charge in [-0.3, -0.25) is 4.79 Å². The van der Waals surface area contributed by atoms with Crippen LogP contribution in [0.15, 0.2) is 55.0 Å². The van der Waals surface area contributed by atoms with Gasteiger partial charge < -0.3 is 14.6 Å². The second kappa shape index (κ2) is 7.36. The van der Waals surface area contributed by atoms with E-state index in [2.05, 4.69) is 15.3 Å². The summed E-state index contributed by atoms with van der Waals surface area (Å²) in [7, 11) is 3.49. The first-order chi connectivity index (χ1) is 12.1. The van der Waals surface area contributed by atoms with Gasteiger partial charge in [0, 0.05) is 25.6 Å². The Hall–Kier alpha value is -2.86. The lowest BCUT2D eigenvalue weighted by molar-refractivity contribution is 0.0941. The number of nitrogens with one attached hydrogen (secondary N) is 1. The van der Waals surface area contributed by atoms with Crippen LogP contribution in [0.2, 0.25) is 5.15 Å². The smallest absolute Gasteiger partial charge is 0.255 e. The number of pyridine rings is 1. The van der Waals surface area contributed by atoms with Gasteiger partial charge in [0.05, 0.1) is 12.7 Å². The molecule has 0 aliphatic carbocycles. The number of carbonyl (C=O) groups excluding carboxylic acids is 1. The number of methoxy groups -OCH3 is 1. The Kier molecular flexibility index (Phi) is 5.00. The SMILES string of the molecule is COc1ccc([C@H](NC(=O)c2cccnc2Cl)c2nccn2C)cc1. The number of carbonyl (C=O) groups is 1. The van der Waals surface area contributed by atoms with Gasteiger partial charge in [-0.1, -0.05) is 23.7 Å². The molecule has 2 aromatic heterocycles. The molecular weight excluding hydrogens is 340 g/mol. The highest BCUT2D eigenvalue weighted by molar-refractivity contribution is 6.32. The van der Waals surface area contributed by atoms with Crippen molar-refractivity contribution in [3.05, 3.63) is 77.1 Å². The molecule has 0 fully saturated rings. The standard InChI is InChI=1S/C18H17ClN4O2/c1-23-11-10-21-17(23)15(12-5-7-13(25-2)8-6-12)22-18(24)14-4-3-9-20-16(14)19/h3-11,15H,1-2H3,(H,22,24)/t15-/m0/s1. The van der Waals surface area contributed by atoms with Crippen molar-refractivity contribution in [1.82, 2.24) is 19.9 Å². The molecule has 0 saturated carbocycles. The number of hydrogen-bond donors (Lipinski definition) is 1. The molecule has 0 unspecified atom stereocenters. The molecule has 1 atom stereocenters. The Labute approximate surface area is 150 Å². The van der Waals surface area contributed by atoms with Crippen molar-refractivity contribution in [2.45, 2.75) is 6.04 Å². The number of nitrogens with zero attached hydrogens (tertiary/aromatic N) is 3. The molecule has 0 aliphatic rings. The van der Waals surface area contributed by atoms with E-state index in [1.54, 1.807) is 31.6 Å². The molecule has 0 saturated heterocycles. The summed E-state index contributed by atoms with van der Waals surface area (Å²) in [4.78, 5) is 21.0. The van der Waals surface area contributed by atoms with Crippen LogP contribution in [0.25, 0.3) is 0 Å². The van der Waals surface area contributed by atoms with E-state index in [4.69, 9.17) is 16.3 Å². The maximum Gasteiger partial charge on any atom is 0.255 e. The quantitative estimate of drug-likeness (QED) is 0.713. The summed E-state index contributed by atoms with van der Waals surface area (Å²) in [5, 5.41) is 3.14. The number of aromatic nitrogens is 3. The van der Waals surface area contributed by atoms with Crippen LogP contribution in [-0.4, -0.2) is 27.6 Å². The molecule has 0 aliphatic heterocycles. The lowest BCUT2D eigenvalue weighted by atomic mass is 10.1. The molecule has 6 nitrogen and oxygen atoms in total. The van der Waals surface area contributed by atoms with Crippen LogP contribution in [0.5, 0.6) is 5.75 Å². The zero-order valence-corrected chi connectivity index (χ0v) is 14.6. The second-order valence-electron chi connectivity index (χ2n) is 5.42. The lowest BCUT2D eigenvalue weighted by Crippen LogP contribution is -2.31. The fourth-order valence-electron chi connectivity index (χ4n) is 2.51. The van der Waals surface area contributed by atoms with Gasteiger partial charge in [-0.25, -0.2) is 9.97 Å². The molecule has 0 spiro atoms. The minimum absolute atomic E-state index is 0.160. The van der Waals surface area contributed by atoms with Crippen molar-refractivity contribution in [3.8, 4) is 5.75 Å². The average Bonchev–Trinajstić information content (AvgIpc) is 3.06. The zero-order chi connectivity index (χ0) is 17.8. The van der Waals surface area contributed by atoms with Gasteiger partial charge in [0.2, 0.25) is 0 Å². The first kappa shape index (κ1) is 17.0. The van der Waals surface area contributed by atoms with Crippen molar-refractivity contribution < 1.29 is 9.53 Å². The topological polar surface area (TPSA) is 69.0 Å². The predicted molar refractivity (Wildman–Crippen MR) is 94.8 cm³/mol. The van der Waals surface area contributed by atoms with Crippen LogP contribution < -0.4 is 10.1 Å². The fraction of sp³-hybridized carbons (Fsp3) is 0.167. The van der Waals surface area contributed by atoms with E-state index < -0.39 is 6.04 Å². The Balaban J connectivity index is 1.95. The minimum Gasteiger partial charge on any atom is -0.497 e. The molecule has 0 bridgehead atoms. The number of rotatable bonds is 5. The van der Waals surface area contributed by atoms with Crippen LogP contribution in [0.3, 0.4) is 0 Å². The van der Waals surface area contributed by atoms with E-state index in [9.17, 15) is 4.79 Å². The molecule has 1 amide bonds. The highest BCUT2D eigenvalue weighted by Crippen LogP contribution is 2.24. The van der Waals surface area contributed by atoms with E-state index in [-0.39, 0.29) is 11.1 Å². The summed E-state index contributed by atoms with van der Waals surface area (Å²) in [6, 6.07) is 10.3. The number of benzene rings is 1. The maximum absolute atomic E-state index is 12.7. The second-order valence-corrected chi connectivity index (χ2v) is 5.78. The monoisotopic (exact) mass is 356 g/mol. The molecule has 25 heavy (non-hydrogen) atoms. The molecule has 128 valence electrons. The first-order valence-corrected chi connectivity index (χ1v) is 8.00. The lowest BCUT2D eigenvalue weighted by Gasteiger charge is -2.19. The number of aryl methyl sites for hydroxylation is 1. The van der Waals surface area contributed by atoms with Gasteiger partial charge in [0.25, 0.3) is 5.91 Å². The van der Waals surface area contributed by atoms with Crippen molar-refractivity contribution in [2.24, 2.45) is 7.05 Å². The fourth-order valence-corrected chi connectivity index (χ4v) is 2.72. The van der Waals surface area contributed by atoms with Crippen LogP contribution in [-0.2, 0) is 7.05 Å². The van der Waals surface area contributed by atoms with Crippen molar-refractivity contribution in [1.29, 1.82) is 0 Å².